The molecule has 56 heavy (non-hydrogen) atoms. The first kappa shape index (κ1) is 52.0. The maximum atomic E-state index is 13.0. The molecule has 0 radical (unpaired) electrons. The highest BCUT2D eigenvalue weighted by atomic mass is 32.3. The Labute approximate surface area is 337 Å². The van der Waals surface area contributed by atoms with Crippen LogP contribution in [-0.4, -0.2) is 107 Å². The molecule has 1 rings (SSSR count). The molecule has 0 aromatic heterocycles. The quantitative estimate of drug-likeness (QED) is 0.0217. The molecular formula is C42H75NO12S. The minimum atomic E-state index is -5.12. The van der Waals surface area contributed by atoms with Crippen molar-refractivity contribution in [3.63, 3.8) is 0 Å². The van der Waals surface area contributed by atoms with Gasteiger partial charge in [0.1, 0.15) is 30.5 Å². The molecule has 1 fully saturated rings. The second-order valence-electron chi connectivity index (χ2n) is 14.7. The largest absolute Gasteiger partial charge is 0.397 e. The van der Waals surface area contributed by atoms with Gasteiger partial charge in [0.2, 0.25) is 5.91 Å². The normalized spacial score (nSPS) is 22.5. The van der Waals surface area contributed by atoms with Gasteiger partial charge in [-0.3, -0.25) is 9.35 Å². The maximum Gasteiger partial charge on any atom is 0.397 e. The third kappa shape index (κ3) is 25.4. The fourth-order valence-electron chi connectivity index (χ4n) is 6.27. The molecule has 8 unspecified atom stereocenters. The van der Waals surface area contributed by atoms with Crippen molar-refractivity contribution in [1.82, 2.24) is 5.32 Å². The Morgan fingerprint density at radius 3 is 1.86 bits per heavy atom. The third-order valence-electron chi connectivity index (χ3n) is 9.69. The molecule has 7 N–H and O–H groups in total. The van der Waals surface area contributed by atoms with Crippen molar-refractivity contribution < 1.29 is 57.0 Å². The van der Waals surface area contributed by atoms with Crippen LogP contribution in [0.25, 0.3) is 0 Å². The third-order valence-corrected chi connectivity index (χ3v) is 10.2. The van der Waals surface area contributed by atoms with E-state index in [9.17, 15) is 38.7 Å². The van der Waals surface area contributed by atoms with E-state index in [0.29, 0.717) is 12.8 Å². The molecule has 0 aliphatic carbocycles. The second-order valence-corrected chi connectivity index (χ2v) is 15.8. The lowest BCUT2D eigenvalue weighted by molar-refractivity contribution is -0.298. The number of aliphatic hydroxyl groups excluding tert-OH is 5. The van der Waals surface area contributed by atoms with Crippen molar-refractivity contribution in [2.75, 3.05) is 13.2 Å². The Bertz CT molecular complexity index is 1210. The van der Waals surface area contributed by atoms with Gasteiger partial charge < -0.3 is 40.3 Å². The zero-order valence-corrected chi connectivity index (χ0v) is 34.9. The molecule has 0 aromatic rings. The van der Waals surface area contributed by atoms with E-state index in [-0.39, 0.29) is 6.42 Å². The highest BCUT2D eigenvalue weighted by Gasteiger charge is 2.48. The van der Waals surface area contributed by atoms with Crippen molar-refractivity contribution in [2.45, 2.75) is 198 Å². The maximum absolute atomic E-state index is 13.0. The monoisotopic (exact) mass is 818 g/mol. The zero-order valence-electron chi connectivity index (χ0n) is 34.0. The van der Waals surface area contributed by atoms with Gasteiger partial charge >= 0.3 is 10.4 Å². The molecule has 0 spiro atoms. The highest BCUT2D eigenvalue weighted by molar-refractivity contribution is 7.80. The number of rotatable bonds is 34. The lowest BCUT2D eigenvalue weighted by atomic mass is 9.99. The summed E-state index contributed by atoms with van der Waals surface area (Å²) in [6.45, 7) is 3.11. The molecule has 13 nitrogen and oxygen atoms in total. The summed E-state index contributed by atoms with van der Waals surface area (Å²) in [5, 5.41) is 54.9. The van der Waals surface area contributed by atoms with E-state index in [1.165, 1.54) is 51.0 Å². The predicted molar refractivity (Wildman–Crippen MR) is 219 cm³/mol. The first-order valence-electron chi connectivity index (χ1n) is 21.1. The smallest absolute Gasteiger partial charge is 0.394 e. The molecule has 0 aromatic carbocycles. The van der Waals surface area contributed by atoms with Gasteiger partial charge in [-0.1, -0.05) is 133 Å². The predicted octanol–water partition coefficient (Wildman–Crippen LogP) is 6.29. The molecule has 1 aliphatic rings. The molecule has 1 heterocycles. The molecule has 8 atom stereocenters. The summed E-state index contributed by atoms with van der Waals surface area (Å²) in [6.07, 6.45) is 26.3. The van der Waals surface area contributed by atoms with Crippen LogP contribution in [0.5, 0.6) is 0 Å². The van der Waals surface area contributed by atoms with Crippen LogP contribution < -0.4 is 5.32 Å². The van der Waals surface area contributed by atoms with Crippen LogP contribution in [0.3, 0.4) is 0 Å². The van der Waals surface area contributed by atoms with Crippen LogP contribution in [0, 0.1) is 0 Å². The Morgan fingerprint density at radius 1 is 0.732 bits per heavy atom. The number of hydrogen-bond acceptors (Lipinski definition) is 11. The minimum Gasteiger partial charge on any atom is -0.394 e. The van der Waals surface area contributed by atoms with Crippen molar-refractivity contribution in [3.8, 4) is 0 Å². The summed E-state index contributed by atoms with van der Waals surface area (Å²) in [7, 11) is -5.12. The lowest BCUT2D eigenvalue weighted by Gasteiger charge is -2.41. The van der Waals surface area contributed by atoms with Crippen LogP contribution in [0.2, 0.25) is 0 Å². The van der Waals surface area contributed by atoms with E-state index >= 15 is 0 Å². The van der Waals surface area contributed by atoms with Gasteiger partial charge in [0.05, 0.1) is 25.4 Å². The number of hydrogen-bond donors (Lipinski definition) is 7. The average Bonchev–Trinajstić information content (AvgIpc) is 3.16. The van der Waals surface area contributed by atoms with Gasteiger partial charge in [0.15, 0.2) is 6.29 Å². The number of unbranched alkanes of at least 4 members (excludes halogenated alkanes) is 15. The molecule has 0 bridgehead atoms. The fourth-order valence-corrected chi connectivity index (χ4v) is 6.78. The lowest BCUT2D eigenvalue weighted by Crippen LogP contribution is -2.61. The van der Waals surface area contributed by atoms with Gasteiger partial charge in [-0.15, -0.1) is 0 Å². The van der Waals surface area contributed by atoms with Gasteiger partial charge in [0, 0.05) is 0 Å². The first-order valence-corrected chi connectivity index (χ1v) is 22.5. The minimum absolute atomic E-state index is 0.222. The topological polar surface area (TPSA) is 212 Å². The molecule has 14 heteroatoms. The Kier molecular flexibility index (Phi) is 30.6. The van der Waals surface area contributed by atoms with Crippen LogP contribution >= 0.6 is 0 Å². The summed E-state index contributed by atoms with van der Waals surface area (Å²) in [5.41, 5.74) is 0. The summed E-state index contributed by atoms with van der Waals surface area (Å²) in [4.78, 5) is 13.0. The Hall–Kier alpha value is -1.98. The van der Waals surface area contributed by atoms with Crippen LogP contribution in [-0.2, 0) is 28.9 Å². The van der Waals surface area contributed by atoms with Crippen molar-refractivity contribution >= 4 is 16.3 Å². The molecule has 1 saturated heterocycles. The number of carbonyl (C=O) groups is 1. The van der Waals surface area contributed by atoms with E-state index in [2.05, 4.69) is 59.8 Å². The van der Waals surface area contributed by atoms with Gasteiger partial charge in [-0.2, -0.15) is 8.42 Å². The standard InChI is InChI=1S/C42H75NO12S/c1-3-5-7-9-11-13-15-16-17-18-19-21-23-25-27-29-31-36(46)41(49)43-34(35(45)30-28-26-24-22-20-14-12-10-8-6-4-2)33-53-42-39(48)40(55-56(50,51)52)38(47)37(32-44)54-42/h11,13,16-17,20,22,28,30,34-40,42,44-48H,3-10,12,14-15,18-19,21,23-27,29,31-33H2,1-2H3,(H,43,49)(H,50,51,52)/b13-11-,17-16-,22-20+,30-28+. The van der Waals surface area contributed by atoms with Crippen molar-refractivity contribution in [1.29, 1.82) is 0 Å². The van der Waals surface area contributed by atoms with E-state index < -0.39 is 78.5 Å². The van der Waals surface area contributed by atoms with Gasteiger partial charge in [0.25, 0.3) is 0 Å². The SMILES string of the molecule is CCCCC/C=C\C/C=C\CCCCCCCCC(O)C(=O)NC(COC1OC(CO)C(O)C(OS(=O)(=O)O)C1O)C(O)/C=C/CC/C=C/CCCCCCC. The summed E-state index contributed by atoms with van der Waals surface area (Å²) in [5.74, 6) is -0.725. The molecular weight excluding hydrogens is 743 g/mol. The Morgan fingerprint density at radius 2 is 1.25 bits per heavy atom. The zero-order chi connectivity index (χ0) is 41.4. The number of ether oxygens (including phenoxy) is 2. The molecule has 326 valence electrons. The van der Waals surface area contributed by atoms with Crippen molar-refractivity contribution in [3.05, 3.63) is 48.6 Å². The van der Waals surface area contributed by atoms with E-state index in [0.717, 1.165) is 70.6 Å². The number of amides is 1. The van der Waals surface area contributed by atoms with E-state index in [1.54, 1.807) is 6.08 Å². The van der Waals surface area contributed by atoms with Gasteiger partial charge in [-0.05, 0) is 64.2 Å². The summed E-state index contributed by atoms with van der Waals surface area (Å²) in [6, 6.07) is -1.14. The summed E-state index contributed by atoms with van der Waals surface area (Å²) < 4.78 is 47.3. The van der Waals surface area contributed by atoms with E-state index in [1.807, 2.05) is 0 Å². The average molecular weight is 818 g/mol. The molecule has 0 saturated carbocycles. The number of nitrogens with one attached hydrogen (secondary N) is 1. The van der Waals surface area contributed by atoms with E-state index in [4.69, 9.17) is 14.0 Å². The van der Waals surface area contributed by atoms with Crippen molar-refractivity contribution in [2.24, 2.45) is 0 Å². The Balaban J connectivity index is 2.66. The number of aliphatic hydroxyl groups is 5. The number of carbonyl (C=O) groups excluding carboxylic acids is 1. The second kappa shape index (κ2) is 32.9. The molecule has 1 aliphatic heterocycles. The first-order chi connectivity index (χ1) is 26.9. The van der Waals surface area contributed by atoms with Crippen LogP contribution in [0.1, 0.15) is 149 Å². The van der Waals surface area contributed by atoms with Crippen LogP contribution in [0.15, 0.2) is 48.6 Å². The van der Waals surface area contributed by atoms with Crippen LogP contribution in [0.4, 0.5) is 0 Å². The fraction of sp³-hybridized carbons (Fsp3) is 0.786. The summed E-state index contributed by atoms with van der Waals surface area (Å²) >= 11 is 0. The number of allylic oxidation sites excluding steroid dienone is 7. The highest BCUT2D eigenvalue weighted by Crippen LogP contribution is 2.26. The van der Waals surface area contributed by atoms with Gasteiger partial charge in [-0.25, -0.2) is 4.18 Å². The molecule has 1 amide bonds.